The summed E-state index contributed by atoms with van der Waals surface area (Å²) >= 11 is 7.28. The van der Waals surface area contributed by atoms with Crippen molar-refractivity contribution in [3.8, 4) is 0 Å². The van der Waals surface area contributed by atoms with E-state index in [1.807, 2.05) is 13.0 Å². The standard InChI is InChI=1S/C17H20ClN3O4S/c1-2-19(9-12-7-8-13(18)26-12)14(22)10-20-15(23)16(24)21(17(20)25)11-5-3-4-6-11/h7-8,11H,2-6,9-10H2,1H3. The Morgan fingerprint density at radius 1 is 1.23 bits per heavy atom. The number of carbonyl (C=O) groups is 4. The molecule has 0 radical (unpaired) electrons. The van der Waals surface area contributed by atoms with E-state index in [0.717, 1.165) is 27.5 Å². The molecule has 7 nitrogen and oxygen atoms in total. The van der Waals surface area contributed by atoms with Gasteiger partial charge in [0.25, 0.3) is 0 Å². The predicted molar refractivity (Wildman–Crippen MR) is 96.6 cm³/mol. The van der Waals surface area contributed by atoms with Gasteiger partial charge in [-0.25, -0.2) is 9.69 Å². The molecule has 5 amide bonds. The van der Waals surface area contributed by atoms with Crippen LogP contribution in [-0.4, -0.2) is 57.6 Å². The Morgan fingerprint density at radius 3 is 2.50 bits per heavy atom. The molecule has 0 aromatic carbocycles. The van der Waals surface area contributed by atoms with Crippen LogP contribution in [0.2, 0.25) is 4.34 Å². The molecule has 2 fully saturated rings. The van der Waals surface area contributed by atoms with Crippen LogP contribution in [-0.2, 0) is 20.9 Å². The van der Waals surface area contributed by atoms with E-state index in [1.165, 1.54) is 16.2 Å². The Kier molecular flexibility index (Phi) is 5.62. The lowest BCUT2D eigenvalue weighted by Crippen LogP contribution is -2.44. The fraction of sp³-hybridized carbons (Fsp3) is 0.529. The smallest absolute Gasteiger partial charge is 0.334 e. The molecule has 0 bridgehead atoms. The monoisotopic (exact) mass is 397 g/mol. The number of nitrogens with zero attached hydrogens (tertiary/aromatic N) is 3. The number of thiophene rings is 1. The van der Waals surface area contributed by atoms with E-state index in [0.29, 0.717) is 30.3 Å². The topological polar surface area (TPSA) is 78.0 Å². The minimum Gasteiger partial charge on any atom is -0.336 e. The molecular formula is C17H20ClN3O4S. The molecule has 0 spiro atoms. The molecule has 1 aromatic rings. The normalized spacial score (nSPS) is 18.3. The summed E-state index contributed by atoms with van der Waals surface area (Å²) in [7, 11) is 0. The lowest BCUT2D eigenvalue weighted by atomic mass is 10.2. The summed E-state index contributed by atoms with van der Waals surface area (Å²) in [5.41, 5.74) is 0. The number of halogens is 1. The molecule has 3 rings (SSSR count). The molecule has 1 saturated carbocycles. The van der Waals surface area contributed by atoms with Gasteiger partial charge in [0.15, 0.2) is 0 Å². The fourth-order valence-electron chi connectivity index (χ4n) is 3.38. The summed E-state index contributed by atoms with van der Waals surface area (Å²) in [6.07, 6.45) is 3.29. The van der Waals surface area contributed by atoms with E-state index in [9.17, 15) is 19.2 Å². The average Bonchev–Trinajstić information content (AvgIpc) is 3.31. The summed E-state index contributed by atoms with van der Waals surface area (Å²) in [5.74, 6) is -2.10. The predicted octanol–water partition coefficient (Wildman–Crippen LogP) is 2.48. The van der Waals surface area contributed by atoms with E-state index in [-0.39, 0.29) is 11.9 Å². The van der Waals surface area contributed by atoms with Crippen LogP contribution in [0.3, 0.4) is 0 Å². The number of urea groups is 1. The van der Waals surface area contributed by atoms with Crippen molar-refractivity contribution in [3.63, 3.8) is 0 Å². The zero-order chi connectivity index (χ0) is 18.8. The molecule has 1 aliphatic carbocycles. The maximum atomic E-state index is 12.6. The highest BCUT2D eigenvalue weighted by Crippen LogP contribution is 2.28. The Labute approximate surface area is 160 Å². The summed E-state index contributed by atoms with van der Waals surface area (Å²) in [6, 6.07) is 2.69. The van der Waals surface area contributed by atoms with Crippen molar-refractivity contribution in [2.75, 3.05) is 13.1 Å². The van der Waals surface area contributed by atoms with Crippen LogP contribution in [0.15, 0.2) is 12.1 Å². The number of amides is 5. The molecule has 1 aliphatic heterocycles. The Bertz CT molecular complexity index is 744. The first-order valence-electron chi connectivity index (χ1n) is 8.63. The Morgan fingerprint density at radius 2 is 1.92 bits per heavy atom. The molecule has 1 aromatic heterocycles. The second kappa shape index (κ2) is 7.75. The number of hydrogen-bond acceptors (Lipinski definition) is 5. The largest absolute Gasteiger partial charge is 0.336 e. The van der Waals surface area contributed by atoms with Crippen LogP contribution < -0.4 is 0 Å². The fourth-order valence-corrected chi connectivity index (χ4v) is 4.49. The molecule has 2 aliphatic rings. The van der Waals surface area contributed by atoms with Gasteiger partial charge in [0.1, 0.15) is 6.54 Å². The average molecular weight is 398 g/mol. The molecule has 0 unspecified atom stereocenters. The van der Waals surface area contributed by atoms with Crippen molar-refractivity contribution in [1.29, 1.82) is 0 Å². The van der Waals surface area contributed by atoms with Gasteiger partial charge in [0, 0.05) is 17.5 Å². The van der Waals surface area contributed by atoms with Gasteiger partial charge in [0.05, 0.1) is 10.9 Å². The highest BCUT2D eigenvalue weighted by atomic mass is 35.5. The maximum Gasteiger partial charge on any atom is 0.334 e. The summed E-state index contributed by atoms with van der Waals surface area (Å²) in [4.78, 5) is 53.8. The zero-order valence-corrected chi connectivity index (χ0v) is 16.0. The maximum absolute atomic E-state index is 12.6. The quantitative estimate of drug-likeness (QED) is 0.545. The SMILES string of the molecule is CCN(Cc1ccc(Cl)s1)C(=O)CN1C(=O)C(=O)N(C2CCCC2)C1=O. The van der Waals surface area contributed by atoms with Crippen LogP contribution in [0.25, 0.3) is 0 Å². The zero-order valence-electron chi connectivity index (χ0n) is 14.4. The number of likely N-dealkylation sites (N-methyl/N-ethyl adjacent to an activating group) is 1. The Balaban J connectivity index is 1.68. The third-order valence-electron chi connectivity index (χ3n) is 4.78. The van der Waals surface area contributed by atoms with Gasteiger partial charge in [0.2, 0.25) is 5.91 Å². The van der Waals surface area contributed by atoms with Crippen LogP contribution >= 0.6 is 22.9 Å². The van der Waals surface area contributed by atoms with Crippen molar-refractivity contribution < 1.29 is 19.2 Å². The number of rotatable bonds is 6. The van der Waals surface area contributed by atoms with Crippen molar-refractivity contribution in [2.24, 2.45) is 0 Å². The van der Waals surface area contributed by atoms with Crippen LogP contribution in [0.4, 0.5) is 4.79 Å². The molecule has 9 heteroatoms. The summed E-state index contributed by atoms with van der Waals surface area (Å²) in [6.45, 7) is 2.17. The molecule has 1 saturated heterocycles. The highest BCUT2D eigenvalue weighted by Gasteiger charge is 2.48. The second-order valence-corrected chi connectivity index (χ2v) is 8.20. The van der Waals surface area contributed by atoms with E-state index >= 15 is 0 Å². The second-order valence-electron chi connectivity index (χ2n) is 6.40. The number of hydrogen-bond donors (Lipinski definition) is 0. The minimum atomic E-state index is -0.912. The lowest BCUT2D eigenvalue weighted by Gasteiger charge is -2.24. The van der Waals surface area contributed by atoms with Gasteiger partial charge < -0.3 is 4.90 Å². The van der Waals surface area contributed by atoms with Crippen LogP contribution in [0.1, 0.15) is 37.5 Å². The lowest BCUT2D eigenvalue weighted by molar-refractivity contribution is -0.145. The van der Waals surface area contributed by atoms with E-state index in [4.69, 9.17) is 11.6 Å². The molecule has 140 valence electrons. The van der Waals surface area contributed by atoms with Crippen molar-refractivity contribution in [2.45, 2.75) is 45.2 Å². The highest BCUT2D eigenvalue weighted by molar-refractivity contribution is 7.16. The molecule has 2 heterocycles. The number of imide groups is 2. The van der Waals surface area contributed by atoms with Gasteiger partial charge >= 0.3 is 17.8 Å². The molecule has 26 heavy (non-hydrogen) atoms. The van der Waals surface area contributed by atoms with Crippen molar-refractivity contribution in [3.05, 3.63) is 21.3 Å². The van der Waals surface area contributed by atoms with Gasteiger partial charge in [-0.1, -0.05) is 24.4 Å². The van der Waals surface area contributed by atoms with E-state index in [1.54, 1.807) is 6.07 Å². The third kappa shape index (κ3) is 3.61. The first kappa shape index (κ1) is 18.8. The first-order valence-corrected chi connectivity index (χ1v) is 9.82. The van der Waals surface area contributed by atoms with E-state index in [2.05, 4.69) is 0 Å². The number of carbonyl (C=O) groups excluding carboxylic acids is 4. The van der Waals surface area contributed by atoms with Crippen LogP contribution in [0.5, 0.6) is 0 Å². The minimum absolute atomic E-state index is 0.227. The summed E-state index contributed by atoms with van der Waals surface area (Å²) < 4.78 is 0.631. The third-order valence-corrected chi connectivity index (χ3v) is 5.99. The van der Waals surface area contributed by atoms with Crippen molar-refractivity contribution in [1.82, 2.24) is 14.7 Å². The first-order chi connectivity index (χ1) is 12.4. The molecule has 0 N–H and O–H groups in total. The van der Waals surface area contributed by atoms with Gasteiger partial charge in [-0.05, 0) is 31.9 Å². The summed E-state index contributed by atoms with van der Waals surface area (Å²) in [5, 5.41) is 0. The van der Waals surface area contributed by atoms with Crippen LogP contribution in [0, 0.1) is 0 Å². The molecule has 0 atom stereocenters. The molecular weight excluding hydrogens is 378 g/mol. The van der Waals surface area contributed by atoms with Gasteiger partial charge in [-0.2, -0.15) is 0 Å². The van der Waals surface area contributed by atoms with Gasteiger partial charge in [-0.15, -0.1) is 11.3 Å². The van der Waals surface area contributed by atoms with E-state index < -0.39 is 24.4 Å². The van der Waals surface area contributed by atoms with Gasteiger partial charge in [-0.3, -0.25) is 19.3 Å². The Hall–Kier alpha value is -1.93. The van der Waals surface area contributed by atoms with Crippen molar-refractivity contribution >= 4 is 46.7 Å².